The fourth-order valence-corrected chi connectivity index (χ4v) is 3.63. The maximum absolute atomic E-state index is 10.8. The van der Waals surface area contributed by atoms with E-state index in [1.807, 2.05) is 6.07 Å². The molecule has 0 amide bonds. The van der Waals surface area contributed by atoms with E-state index in [9.17, 15) is 4.79 Å². The molecule has 1 saturated heterocycles. The lowest BCUT2D eigenvalue weighted by Gasteiger charge is -2.38. The molecule has 1 fully saturated rings. The first-order chi connectivity index (χ1) is 10.8. The van der Waals surface area contributed by atoms with Gasteiger partial charge in [-0.3, -0.25) is 0 Å². The molecule has 0 saturated carbocycles. The van der Waals surface area contributed by atoms with Crippen LogP contribution >= 0.6 is 11.6 Å². The predicted molar refractivity (Wildman–Crippen MR) is 85.4 cm³/mol. The largest absolute Gasteiger partial charge is 0.355 e. The summed E-state index contributed by atoms with van der Waals surface area (Å²) in [5, 5.41) is 0.297. The zero-order valence-electron chi connectivity index (χ0n) is 12.1. The van der Waals surface area contributed by atoms with Gasteiger partial charge < -0.3 is 9.69 Å². The molecule has 1 aliphatic heterocycles. The third-order valence-corrected chi connectivity index (χ3v) is 4.78. The number of carbonyl (C=O) groups is 1. The fourth-order valence-electron chi connectivity index (χ4n) is 3.46. The van der Waals surface area contributed by atoms with E-state index in [0.29, 0.717) is 11.2 Å². The third-order valence-electron chi connectivity index (χ3n) is 4.61. The Bertz CT molecular complexity index is 713. The molecule has 2 aliphatic rings. The van der Waals surface area contributed by atoms with Gasteiger partial charge in [-0.2, -0.15) is 0 Å². The highest BCUT2D eigenvalue weighted by Crippen LogP contribution is 2.42. The lowest BCUT2D eigenvalue weighted by atomic mass is 9.96. The first-order valence-corrected chi connectivity index (χ1v) is 7.95. The maximum atomic E-state index is 10.8. The molecule has 1 atom stereocenters. The van der Waals surface area contributed by atoms with Crippen molar-refractivity contribution in [1.82, 2.24) is 9.97 Å². The summed E-state index contributed by atoms with van der Waals surface area (Å²) in [5.74, 6) is 1.33. The third kappa shape index (κ3) is 2.18. The summed E-state index contributed by atoms with van der Waals surface area (Å²) in [6, 6.07) is 10.4. The lowest BCUT2D eigenvalue weighted by Crippen LogP contribution is -2.48. The Morgan fingerprint density at radius 2 is 1.95 bits per heavy atom. The molecule has 4 rings (SSSR count). The van der Waals surface area contributed by atoms with Gasteiger partial charge in [0, 0.05) is 30.5 Å². The van der Waals surface area contributed by atoms with Crippen molar-refractivity contribution >= 4 is 23.7 Å². The number of halogens is 1. The average molecular weight is 314 g/mol. The van der Waals surface area contributed by atoms with Gasteiger partial charge in [0.05, 0.1) is 5.69 Å². The van der Waals surface area contributed by atoms with Crippen LogP contribution in [-0.2, 0) is 11.2 Å². The van der Waals surface area contributed by atoms with Crippen LogP contribution in [0.4, 0.5) is 5.82 Å². The van der Waals surface area contributed by atoms with Gasteiger partial charge in [-0.1, -0.05) is 30.3 Å². The van der Waals surface area contributed by atoms with E-state index >= 15 is 0 Å². The number of fused-ring (bicyclic) bond motifs is 1. The molecule has 0 N–H and O–H groups in total. The Hall–Kier alpha value is -1.94. The van der Waals surface area contributed by atoms with E-state index in [0.717, 1.165) is 43.7 Å². The van der Waals surface area contributed by atoms with Gasteiger partial charge >= 0.3 is 0 Å². The second kappa shape index (κ2) is 5.36. The van der Waals surface area contributed by atoms with Crippen molar-refractivity contribution in [2.24, 2.45) is 5.92 Å². The van der Waals surface area contributed by atoms with E-state index in [1.54, 1.807) is 0 Å². The number of carbonyl (C=O) groups excluding carboxylic acids is 1. The zero-order valence-corrected chi connectivity index (χ0v) is 12.8. The first-order valence-electron chi connectivity index (χ1n) is 7.57. The van der Waals surface area contributed by atoms with Gasteiger partial charge in [-0.05, 0) is 30.0 Å². The fraction of sp³-hybridized carbons (Fsp3) is 0.353. The molecular weight excluding hydrogens is 298 g/mol. The van der Waals surface area contributed by atoms with Crippen LogP contribution in [0.15, 0.2) is 30.3 Å². The van der Waals surface area contributed by atoms with Crippen LogP contribution in [0.25, 0.3) is 0 Å². The lowest BCUT2D eigenvalue weighted by molar-refractivity contribution is -0.111. The molecule has 4 nitrogen and oxygen atoms in total. The van der Waals surface area contributed by atoms with Gasteiger partial charge in [-0.15, -0.1) is 0 Å². The molecule has 2 heterocycles. The van der Waals surface area contributed by atoms with Crippen LogP contribution in [0.3, 0.4) is 0 Å². The Morgan fingerprint density at radius 1 is 1.18 bits per heavy atom. The number of anilines is 1. The maximum Gasteiger partial charge on any atom is 0.224 e. The minimum absolute atomic E-state index is 0.121. The second-order valence-corrected chi connectivity index (χ2v) is 6.32. The number of aromatic nitrogens is 2. The Balaban J connectivity index is 1.72. The topological polar surface area (TPSA) is 46.1 Å². The molecule has 0 radical (unpaired) electrons. The Morgan fingerprint density at radius 3 is 2.68 bits per heavy atom. The summed E-state index contributed by atoms with van der Waals surface area (Å²) in [6.45, 7) is 1.47. The highest BCUT2D eigenvalue weighted by atomic mass is 35.5. The number of nitrogens with zero attached hydrogens (tertiary/aromatic N) is 3. The standard InChI is InChI=1S/C17H16ClN3O/c18-17-19-15-13(12-4-2-1-3-5-12)6-7-14(15)16(20-17)21-8-11(9-21)10-22/h1-5,10-11,13H,6-9H2. The van der Waals surface area contributed by atoms with Gasteiger partial charge in [0.1, 0.15) is 12.1 Å². The predicted octanol–water partition coefficient (Wildman–Crippen LogP) is 2.84. The van der Waals surface area contributed by atoms with Crippen LogP contribution in [0, 0.1) is 5.92 Å². The molecule has 5 heteroatoms. The molecule has 1 aromatic heterocycles. The number of rotatable bonds is 3. The van der Waals surface area contributed by atoms with Gasteiger partial charge in [0.15, 0.2) is 0 Å². The number of hydrogen-bond donors (Lipinski definition) is 0. The number of benzene rings is 1. The minimum atomic E-state index is 0.121. The molecular formula is C17H16ClN3O. The van der Waals surface area contributed by atoms with E-state index in [1.165, 1.54) is 11.1 Å². The van der Waals surface area contributed by atoms with Crippen LogP contribution < -0.4 is 4.90 Å². The monoisotopic (exact) mass is 313 g/mol. The molecule has 1 aliphatic carbocycles. The molecule has 22 heavy (non-hydrogen) atoms. The average Bonchev–Trinajstić information content (AvgIpc) is 2.90. The van der Waals surface area contributed by atoms with Gasteiger partial charge in [0.2, 0.25) is 5.28 Å². The van der Waals surface area contributed by atoms with Gasteiger partial charge in [0.25, 0.3) is 0 Å². The van der Waals surface area contributed by atoms with Crippen molar-refractivity contribution in [3.63, 3.8) is 0 Å². The molecule has 0 bridgehead atoms. The molecule has 112 valence electrons. The first kappa shape index (κ1) is 13.7. The summed E-state index contributed by atoms with van der Waals surface area (Å²) in [5.41, 5.74) is 3.52. The SMILES string of the molecule is O=CC1CN(c2nc(Cl)nc3c2CCC3c2ccccc2)C1. The molecule has 1 unspecified atom stereocenters. The Labute approximate surface area is 134 Å². The van der Waals surface area contributed by atoms with Crippen LogP contribution in [-0.4, -0.2) is 29.3 Å². The second-order valence-electron chi connectivity index (χ2n) is 5.98. The van der Waals surface area contributed by atoms with Crippen molar-refractivity contribution in [1.29, 1.82) is 0 Å². The van der Waals surface area contributed by atoms with Crippen LogP contribution in [0.1, 0.15) is 29.2 Å². The van der Waals surface area contributed by atoms with Crippen molar-refractivity contribution in [2.75, 3.05) is 18.0 Å². The Kier molecular flexibility index (Phi) is 3.34. The van der Waals surface area contributed by atoms with E-state index in [-0.39, 0.29) is 5.92 Å². The van der Waals surface area contributed by atoms with E-state index in [4.69, 9.17) is 11.6 Å². The van der Waals surface area contributed by atoms with Crippen molar-refractivity contribution in [3.8, 4) is 0 Å². The van der Waals surface area contributed by atoms with Gasteiger partial charge in [-0.25, -0.2) is 9.97 Å². The summed E-state index contributed by atoms with van der Waals surface area (Å²) in [6.07, 6.45) is 3.02. The summed E-state index contributed by atoms with van der Waals surface area (Å²) in [4.78, 5) is 21.9. The highest BCUT2D eigenvalue weighted by molar-refractivity contribution is 6.28. The highest BCUT2D eigenvalue weighted by Gasteiger charge is 2.34. The summed E-state index contributed by atoms with van der Waals surface area (Å²) >= 11 is 6.16. The number of hydrogen-bond acceptors (Lipinski definition) is 4. The molecule has 0 spiro atoms. The normalized spacial score (nSPS) is 20.6. The van der Waals surface area contributed by atoms with E-state index < -0.39 is 0 Å². The van der Waals surface area contributed by atoms with Crippen LogP contribution in [0.2, 0.25) is 5.28 Å². The summed E-state index contributed by atoms with van der Waals surface area (Å²) in [7, 11) is 0. The minimum Gasteiger partial charge on any atom is -0.355 e. The smallest absolute Gasteiger partial charge is 0.224 e. The summed E-state index contributed by atoms with van der Waals surface area (Å²) < 4.78 is 0. The molecule has 1 aromatic carbocycles. The zero-order chi connectivity index (χ0) is 15.1. The van der Waals surface area contributed by atoms with E-state index in [2.05, 4.69) is 39.1 Å². The molecule has 2 aromatic rings. The van der Waals surface area contributed by atoms with Crippen molar-refractivity contribution < 1.29 is 4.79 Å². The number of aldehydes is 1. The van der Waals surface area contributed by atoms with Crippen molar-refractivity contribution in [2.45, 2.75) is 18.8 Å². The quantitative estimate of drug-likeness (QED) is 0.646. The van der Waals surface area contributed by atoms with Crippen molar-refractivity contribution in [3.05, 3.63) is 52.4 Å². The van der Waals surface area contributed by atoms with Crippen LogP contribution in [0.5, 0.6) is 0 Å².